The number of carbonyl (C=O) groups excluding carboxylic acids is 1. The zero-order valence-electron chi connectivity index (χ0n) is 10.9. The molecule has 0 unspecified atom stereocenters. The van der Waals surface area contributed by atoms with E-state index < -0.39 is 16.6 Å². The molecule has 0 aromatic heterocycles. The van der Waals surface area contributed by atoms with E-state index in [1.54, 1.807) is 13.0 Å². The van der Waals surface area contributed by atoms with Crippen LogP contribution >= 0.6 is 11.6 Å². The Morgan fingerprint density at radius 3 is 2.57 bits per heavy atom. The van der Waals surface area contributed by atoms with Gasteiger partial charge >= 0.3 is 0 Å². The van der Waals surface area contributed by atoms with Crippen LogP contribution in [0.1, 0.15) is 15.9 Å². The highest BCUT2D eigenvalue weighted by Gasteiger charge is 2.15. The Balaban J connectivity index is 2.24. The van der Waals surface area contributed by atoms with E-state index in [-0.39, 0.29) is 16.3 Å². The summed E-state index contributed by atoms with van der Waals surface area (Å²) in [6.07, 6.45) is 0. The van der Waals surface area contributed by atoms with Crippen molar-refractivity contribution in [3.05, 3.63) is 68.5 Å². The molecule has 0 aliphatic heterocycles. The third-order valence-electron chi connectivity index (χ3n) is 2.71. The largest absolute Gasteiger partial charge is 0.322 e. The molecule has 1 amide bonds. The molecule has 2 rings (SSSR count). The molecular weight excluding hydrogens is 299 g/mol. The van der Waals surface area contributed by atoms with E-state index >= 15 is 0 Å². The number of aryl methyl sites for hydroxylation is 1. The number of nitro benzene ring substituents is 1. The van der Waals surface area contributed by atoms with Crippen LogP contribution in [0.3, 0.4) is 0 Å². The quantitative estimate of drug-likeness (QED) is 0.689. The minimum absolute atomic E-state index is 0.136. The standard InChI is InChI=1S/C14H10ClFN2O3/c1-8-4-10(16)7-11(5-8)17-14(19)9-2-3-13(18(20)21)12(15)6-9/h2-7H,1H3,(H,17,19). The van der Waals surface area contributed by atoms with Gasteiger partial charge in [-0.2, -0.15) is 0 Å². The molecule has 0 atom stereocenters. The van der Waals surface area contributed by atoms with Crippen LogP contribution in [-0.2, 0) is 0 Å². The van der Waals surface area contributed by atoms with Crippen LogP contribution in [0.2, 0.25) is 5.02 Å². The summed E-state index contributed by atoms with van der Waals surface area (Å²) < 4.78 is 13.2. The van der Waals surface area contributed by atoms with Crippen molar-refractivity contribution in [1.29, 1.82) is 0 Å². The Morgan fingerprint density at radius 2 is 2.00 bits per heavy atom. The van der Waals surface area contributed by atoms with E-state index in [0.717, 1.165) is 6.07 Å². The number of carbonyl (C=O) groups is 1. The van der Waals surface area contributed by atoms with Crippen LogP contribution in [0, 0.1) is 22.9 Å². The van der Waals surface area contributed by atoms with E-state index in [2.05, 4.69) is 5.32 Å². The minimum Gasteiger partial charge on any atom is -0.322 e. The Hall–Kier alpha value is -2.47. The zero-order valence-corrected chi connectivity index (χ0v) is 11.6. The predicted octanol–water partition coefficient (Wildman–Crippen LogP) is 3.95. The van der Waals surface area contributed by atoms with Gasteiger partial charge in [0.15, 0.2) is 0 Å². The summed E-state index contributed by atoms with van der Waals surface area (Å²) >= 11 is 5.74. The lowest BCUT2D eigenvalue weighted by Gasteiger charge is -2.07. The van der Waals surface area contributed by atoms with Gasteiger partial charge in [0.05, 0.1) is 4.92 Å². The van der Waals surface area contributed by atoms with E-state index in [4.69, 9.17) is 11.6 Å². The number of rotatable bonds is 3. The van der Waals surface area contributed by atoms with Crippen molar-refractivity contribution in [3.63, 3.8) is 0 Å². The van der Waals surface area contributed by atoms with Gasteiger partial charge < -0.3 is 5.32 Å². The highest BCUT2D eigenvalue weighted by molar-refractivity contribution is 6.33. The average Bonchev–Trinajstić information content (AvgIpc) is 2.36. The molecule has 5 nitrogen and oxygen atoms in total. The van der Waals surface area contributed by atoms with Gasteiger partial charge in [0.1, 0.15) is 10.8 Å². The van der Waals surface area contributed by atoms with Crippen molar-refractivity contribution in [3.8, 4) is 0 Å². The Labute approximate surface area is 124 Å². The van der Waals surface area contributed by atoms with Crippen LogP contribution in [0.15, 0.2) is 36.4 Å². The summed E-state index contributed by atoms with van der Waals surface area (Å²) in [6.45, 7) is 1.70. The lowest BCUT2D eigenvalue weighted by atomic mass is 10.1. The second-order valence-corrected chi connectivity index (χ2v) is 4.80. The van der Waals surface area contributed by atoms with Crippen molar-refractivity contribution in [2.75, 3.05) is 5.32 Å². The van der Waals surface area contributed by atoms with Crippen molar-refractivity contribution >= 4 is 28.9 Å². The van der Waals surface area contributed by atoms with Crippen LogP contribution < -0.4 is 5.32 Å². The molecule has 7 heteroatoms. The minimum atomic E-state index is -0.639. The number of anilines is 1. The van der Waals surface area contributed by atoms with E-state index in [1.165, 1.54) is 24.3 Å². The Kier molecular flexibility index (Phi) is 4.18. The number of hydrogen-bond acceptors (Lipinski definition) is 3. The van der Waals surface area contributed by atoms with Crippen LogP contribution in [0.25, 0.3) is 0 Å². The smallest absolute Gasteiger partial charge is 0.287 e. The maximum absolute atomic E-state index is 13.2. The van der Waals surface area contributed by atoms with Gasteiger partial charge in [0, 0.05) is 17.3 Å². The fourth-order valence-corrected chi connectivity index (χ4v) is 2.06. The van der Waals surface area contributed by atoms with Crippen molar-refractivity contribution in [2.45, 2.75) is 6.92 Å². The van der Waals surface area contributed by atoms with Gasteiger partial charge in [-0.3, -0.25) is 14.9 Å². The van der Waals surface area contributed by atoms with Crippen LogP contribution in [0.5, 0.6) is 0 Å². The van der Waals surface area contributed by atoms with Gasteiger partial charge in [0.2, 0.25) is 0 Å². The summed E-state index contributed by atoms with van der Waals surface area (Å²) in [5, 5.41) is 13.0. The topological polar surface area (TPSA) is 72.2 Å². The molecule has 1 N–H and O–H groups in total. The maximum atomic E-state index is 13.2. The van der Waals surface area contributed by atoms with Gasteiger partial charge in [-0.15, -0.1) is 0 Å². The second-order valence-electron chi connectivity index (χ2n) is 4.39. The van der Waals surface area contributed by atoms with Gasteiger partial charge in [0.25, 0.3) is 11.6 Å². The van der Waals surface area contributed by atoms with Crippen molar-refractivity contribution in [1.82, 2.24) is 0 Å². The molecule has 0 heterocycles. The molecule has 2 aromatic rings. The highest BCUT2D eigenvalue weighted by atomic mass is 35.5. The first-order valence-electron chi connectivity index (χ1n) is 5.89. The van der Waals surface area contributed by atoms with Gasteiger partial charge in [-0.25, -0.2) is 4.39 Å². The van der Waals surface area contributed by atoms with Crippen LogP contribution in [-0.4, -0.2) is 10.8 Å². The number of nitrogens with one attached hydrogen (secondary N) is 1. The Morgan fingerprint density at radius 1 is 1.29 bits per heavy atom. The number of nitrogens with zero attached hydrogens (tertiary/aromatic N) is 1. The average molecular weight is 309 g/mol. The molecule has 2 aromatic carbocycles. The summed E-state index contributed by atoms with van der Waals surface area (Å²) in [4.78, 5) is 22.0. The number of nitro groups is 1. The zero-order chi connectivity index (χ0) is 15.6. The lowest BCUT2D eigenvalue weighted by molar-refractivity contribution is -0.384. The van der Waals surface area contributed by atoms with E-state index in [0.29, 0.717) is 11.3 Å². The number of hydrogen-bond donors (Lipinski definition) is 1. The van der Waals surface area contributed by atoms with Crippen molar-refractivity contribution in [2.24, 2.45) is 0 Å². The monoisotopic (exact) mass is 308 g/mol. The fraction of sp³-hybridized carbons (Fsp3) is 0.0714. The molecule has 108 valence electrons. The second kappa shape index (κ2) is 5.88. The molecule has 0 radical (unpaired) electrons. The maximum Gasteiger partial charge on any atom is 0.287 e. The number of benzene rings is 2. The van der Waals surface area contributed by atoms with Gasteiger partial charge in [-0.1, -0.05) is 11.6 Å². The van der Waals surface area contributed by atoms with Crippen molar-refractivity contribution < 1.29 is 14.1 Å². The van der Waals surface area contributed by atoms with E-state index in [9.17, 15) is 19.3 Å². The summed E-state index contributed by atoms with van der Waals surface area (Å²) in [5.74, 6) is -0.996. The lowest BCUT2D eigenvalue weighted by Crippen LogP contribution is -2.12. The first-order chi connectivity index (χ1) is 9.86. The first kappa shape index (κ1) is 14.9. The summed E-state index contributed by atoms with van der Waals surface area (Å²) in [6, 6.07) is 7.74. The van der Waals surface area contributed by atoms with E-state index in [1.807, 2.05) is 0 Å². The normalized spacial score (nSPS) is 10.2. The third kappa shape index (κ3) is 3.55. The fourth-order valence-electron chi connectivity index (χ4n) is 1.81. The molecule has 0 aliphatic rings. The molecule has 0 bridgehead atoms. The third-order valence-corrected chi connectivity index (χ3v) is 3.01. The molecule has 0 spiro atoms. The Bertz CT molecular complexity index is 714. The summed E-state index contributed by atoms with van der Waals surface area (Å²) in [5.41, 5.74) is 0.821. The molecule has 0 saturated carbocycles. The summed E-state index contributed by atoms with van der Waals surface area (Å²) in [7, 11) is 0. The SMILES string of the molecule is Cc1cc(F)cc(NC(=O)c2ccc([N+](=O)[O-])c(Cl)c2)c1. The predicted molar refractivity (Wildman–Crippen MR) is 77.2 cm³/mol. The molecule has 21 heavy (non-hydrogen) atoms. The molecule has 0 aliphatic carbocycles. The van der Waals surface area contributed by atoms with Crippen LogP contribution in [0.4, 0.5) is 15.8 Å². The number of halogens is 2. The first-order valence-corrected chi connectivity index (χ1v) is 6.27. The highest BCUT2D eigenvalue weighted by Crippen LogP contribution is 2.25. The molecular formula is C14H10ClFN2O3. The molecule has 0 saturated heterocycles. The molecule has 0 fully saturated rings. The number of amides is 1. The van der Waals surface area contributed by atoms with Gasteiger partial charge in [-0.05, 0) is 42.8 Å².